The SMILES string of the molecule is CC(NC(=O)c1ccc(O)c(Cl)c1)C(N)=O. The number of phenols is 1. The summed E-state index contributed by atoms with van der Waals surface area (Å²) in [7, 11) is 0. The van der Waals surface area contributed by atoms with E-state index in [1.807, 2.05) is 0 Å². The molecule has 0 bridgehead atoms. The van der Waals surface area contributed by atoms with Crippen LogP contribution in [0.25, 0.3) is 0 Å². The molecule has 0 heterocycles. The van der Waals surface area contributed by atoms with Crippen LogP contribution in [-0.2, 0) is 4.79 Å². The molecule has 1 aromatic rings. The summed E-state index contributed by atoms with van der Waals surface area (Å²) in [6.07, 6.45) is 0. The van der Waals surface area contributed by atoms with E-state index in [1.165, 1.54) is 25.1 Å². The minimum atomic E-state index is -0.764. The first-order valence-corrected chi connectivity index (χ1v) is 4.88. The van der Waals surface area contributed by atoms with Crippen molar-refractivity contribution in [1.29, 1.82) is 0 Å². The highest BCUT2D eigenvalue weighted by atomic mass is 35.5. The first-order chi connectivity index (χ1) is 7.41. The Balaban J connectivity index is 2.81. The first-order valence-electron chi connectivity index (χ1n) is 4.50. The van der Waals surface area contributed by atoms with Gasteiger partial charge in [0.2, 0.25) is 5.91 Å². The highest BCUT2D eigenvalue weighted by Gasteiger charge is 2.14. The van der Waals surface area contributed by atoms with Gasteiger partial charge in [0, 0.05) is 5.56 Å². The number of carbonyl (C=O) groups excluding carboxylic acids is 2. The molecule has 0 saturated carbocycles. The Kier molecular flexibility index (Phi) is 3.73. The molecule has 0 saturated heterocycles. The van der Waals surface area contributed by atoms with Crippen molar-refractivity contribution in [1.82, 2.24) is 5.32 Å². The Bertz CT molecular complexity index is 434. The molecular weight excluding hydrogens is 232 g/mol. The highest BCUT2D eigenvalue weighted by molar-refractivity contribution is 6.32. The lowest BCUT2D eigenvalue weighted by atomic mass is 10.2. The third kappa shape index (κ3) is 2.87. The molecule has 0 aliphatic rings. The van der Waals surface area contributed by atoms with Gasteiger partial charge in [-0.05, 0) is 25.1 Å². The van der Waals surface area contributed by atoms with Gasteiger partial charge in [-0.3, -0.25) is 9.59 Å². The molecule has 0 aliphatic carbocycles. The van der Waals surface area contributed by atoms with Crippen LogP contribution in [0.3, 0.4) is 0 Å². The second-order valence-electron chi connectivity index (χ2n) is 3.26. The predicted octanol–water partition coefficient (Wildman–Crippen LogP) is 0.649. The van der Waals surface area contributed by atoms with Crippen molar-refractivity contribution in [2.24, 2.45) is 5.73 Å². The summed E-state index contributed by atoms with van der Waals surface area (Å²) in [4.78, 5) is 22.3. The van der Waals surface area contributed by atoms with Crippen LogP contribution in [-0.4, -0.2) is 23.0 Å². The van der Waals surface area contributed by atoms with E-state index in [0.29, 0.717) is 0 Å². The van der Waals surface area contributed by atoms with Crippen molar-refractivity contribution in [3.05, 3.63) is 28.8 Å². The van der Waals surface area contributed by atoms with Gasteiger partial charge in [0.15, 0.2) is 0 Å². The van der Waals surface area contributed by atoms with Gasteiger partial charge >= 0.3 is 0 Å². The van der Waals surface area contributed by atoms with Gasteiger partial charge in [0.1, 0.15) is 11.8 Å². The molecule has 16 heavy (non-hydrogen) atoms. The topological polar surface area (TPSA) is 92.4 Å². The van der Waals surface area contributed by atoms with Crippen LogP contribution in [0, 0.1) is 0 Å². The molecule has 0 spiro atoms. The molecule has 4 N–H and O–H groups in total. The fraction of sp³-hybridized carbons (Fsp3) is 0.200. The number of hydrogen-bond donors (Lipinski definition) is 3. The average Bonchev–Trinajstić information content (AvgIpc) is 2.21. The highest BCUT2D eigenvalue weighted by Crippen LogP contribution is 2.23. The van der Waals surface area contributed by atoms with Gasteiger partial charge in [-0.2, -0.15) is 0 Å². The van der Waals surface area contributed by atoms with Crippen molar-refractivity contribution in [2.45, 2.75) is 13.0 Å². The van der Waals surface area contributed by atoms with Gasteiger partial charge in [-0.15, -0.1) is 0 Å². The zero-order valence-electron chi connectivity index (χ0n) is 8.53. The summed E-state index contributed by atoms with van der Waals surface area (Å²) in [6, 6.07) is 3.23. The van der Waals surface area contributed by atoms with Crippen LogP contribution < -0.4 is 11.1 Å². The average molecular weight is 243 g/mol. The zero-order valence-corrected chi connectivity index (χ0v) is 9.28. The lowest BCUT2D eigenvalue weighted by Gasteiger charge is -2.10. The summed E-state index contributed by atoms with van der Waals surface area (Å²) >= 11 is 5.64. The first kappa shape index (κ1) is 12.3. The van der Waals surface area contributed by atoms with Crippen molar-refractivity contribution in [3.8, 4) is 5.75 Å². The Hall–Kier alpha value is -1.75. The van der Waals surface area contributed by atoms with Crippen molar-refractivity contribution in [2.75, 3.05) is 0 Å². The van der Waals surface area contributed by atoms with Crippen LogP contribution >= 0.6 is 11.6 Å². The number of amides is 2. The molecule has 86 valence electrons. The van der Waals surface area contributed by atoms with E-state index in [4.69, 9.17) is 22.4 Å². The Morgan fingerprint density at radius 3 is 2.62 bits per heavy atom. The Labute approximate surface area is 97.2 Å². The number of nitrogens with two attached hydrogens (primary N) is 1. The molecule has 5 nitrogen and oxygen atoms in total. The zero-order chi connectivity index (χ0) is 12.3. The van der Waals surface area contributed by atoms with Crippen LogP contribution in [0.2, 0.25) is 5.02 Å². The van der Waals surface area contributed by atoms with E-state index >= 15 is 0 Å². The number of nitrogens with one attached hydrogen (secondary N) is 1. The third-order valence-corrected chi connectivity index (χ3v) is 2.29. The minimum absolute atomic E-state index is 0.0689. The number of rotatable bonds is 3. The Morgan fingerprint density at radius 1 is 1.50 bits per heavy atom. The van der Waals surface area contributed by atoms with Crippen molar-refractivity contribution < 1.29 is 14.7 Å². The molecular formula is C10H11ClN2O3. The van der Waals surface area contributed by atoms with Crippen molar-refractivity contribution >= 4 is 23.4 Å². The number of aromatic hydroxyl groups is 1. The maximum absolute atomic E-state index is 11.6. The lowest BCUT2D eigenvalue weighted by Crippen LogP contribution is -2.42. The molecule has 0 fully saturated rings. The number of halogens is 1. The lowest BCUT2D eigenvalue weighted by molar-refractivity contribution is -0.119. The van der Waals surface area contributed by atoms with Gasteiger partial charge in [0.25, 0.3) is 5.91 Å². The summed E-state index contributed by atoms with van der Waals surface area (Å²) in [5.41, 5.74) is 5.24. The molecule has 1 unspecified atom stereocenters. The quantitative estimate of drug-likeness (QED) is 0.727. The molecule has 0 aliphatic heterocycles. The fourth-order valence-corrected chi connectivity index (χ4v) is 1.18. The molecule has 1 atom stereocenters. The number of carbonyl (C=O) groups is 2. The maximum Gasteiger partial charge on any atom is 0.251 e. The number of primary amides is 1. The smallest absolute Gasteiger partial charge is 0.251 e. The van der Waals surface area contributed by atoms with Gasteiger partial charge in [-0.1, -0.05) is 11.6 Å². The van der Waals surface area contributed by atoms with E-state index in [2.05, 4.69) is 5.32 Å². The standard InChI is InChI=1S/C10H11ClN2O3/c1-5(9(12)15)13-10(16)6-2-3-8(14)7(11)4-6/h2-5,14H,1H3,(H2,12,15)(H,13,16). The normalized spacial score (nSPS) is 11.9. The molecule has 6 heteroatoms. The van der Waals surface area contributed by atoms with E-state index in [1.54, 1.807) is 0 Å². The van der Waals surface area contributed by atoms with E-state index in [9.17, 15) is 9.59 Å². The number of phenolic OH excluding ortho intramolecular Hbond substituents is 1. The molecule has 0 radical (unpaired) electrons. The number of benzene rings is 1. The van der Waals surface area contributed by atoms with Crippen LogP contribution in [0.15, 0.2) is 18.2 Å². The second kappa shape index (κ2) is 4.85. The molecule has 1 rings (SSSR count). The van der Waals surface area contributed by atoms with Crippen LogP contribution in [0.4, 0.5) is 0 Å². The van der Waals surface area contributed by atoms with Crippen LogP contribution in [0.1, 0.15) is 17.3 Å². The summed E-state index contributed by atoms with van der Waals surface area (Å²) in [6.45, 7) is 1.47. The monoisotopic (exact) mass is 242 g/mol. The number of hydrogen-bond acceptors (Lipinski definition) is 3. The van der Waals surface area contributed by atoms with Crippen molar-refractivity contribution in [3.63, 3.8) is 0 Å². The summed E-state index contributed by atoms with van der Waals surface area (Å²) in [5.74, 6) is -1.22. The van der Waals surface area contributed by atoms with E-state index in [-0.39, 0.29) is 16.3 Å². The third-order valence-electron chi connectivity index (χ3n) is 1.98. The molecule has 2 amide bonds. The largest absolute Gasteiger partial charge is 0.506 e. The van der Waals surface area contributed by atoms with E-state index in [0.717, 1.165) is 0 Å². The van der Waals surface area contributed by atoms with Gasteiger partial charge < -0.3 is 16.2 Å². The summed E-state index contributed by atoms with van der Waals surface area (Å²) < 4.78 is 0. The second-order valence-corrected chi connectivity index (χ2v) is 3.67. The minimum Gasteiger partial charge on any atom is -0.506 e. The molecule has 0 aromatic heterocycles. The van der Waals surface area contributed by atoms with Crippen LogP contribution in [0.5, 0.6) is 5.75 Å². The fourth-order valence-electron chi connectivity index (χ4n) is 0.999. The summed E-state index contributed by atoms with van der Waals surface area (Å²) in [5, 5.41) is 11.6. The Morgan fingerprint density at radius 2 is 2.12 bits per heavy atom. The maximum atomic E-state index is 11.6. The van der Waals surface area contributed by atoms with Gasteiger partial charge in [0.05, 0.1) is 5.02 Å². The molecule has 1 aromatic carbocycles. The van der Waals surface area contributed by atoms with E-state index < -0.39 is 17.9 Å². The van der Waals surface area contributed by atoms with Gasteiger partial charge in [-0.25, -0.2) is 0 Å². The predicted molar refractivity (Wildman–Crippen MR) is 59.2 cm³/mol.